The number of unbranched alkanes of at least 4 members (excludes halogenated alkanes) is 12. The highest BCUT2D eigenvalue weighted by molar-refractivity contribution is 5.86. The average molecular weight is 474 g/mol. The molecular formula is C19H40Cl4O4. The molecule has 168 valence electrons. The fraction of sp³-hybridized carbons (Fsp3) is 0.895. The SMILES string of the molecule is COC(=O)CCCCCCCCCCCCCCCC(=O)OC.Cl.Cl.Cl.Cl. The third-order valence-corrected chi connectivity index (χ3v) is 4.22. The summed E-state index contributed by atoms with van der Waals surface area (Å²) in [7, 11) is 2.90. The highest BCUT2D eigenvalue weighted by Gasteiger charge is 2.00. The second-order valence-corrected chi connectivity index (χ2v) is 6.25. The van der Waals surface area contributed by atoms with Crippen molar-refractivity contribution in [2.24, 2.45) is 0 Å². The van der Waals surface area contributed by atoms with Crippen molar-refractivity contribution >= 4 is 61.6 Å². The summed E-state index contributed by atoms with van der Waals surface area (Å²) in [6.45, 7) is 0. The van der Waals surface area contributed by atoms with E-state index in [9.17, 15) is 9.59 Å². The van der Waals surface area contributed by atoms with Crippen molar-refractivity contribution in [2.75, 3.05) is 14.2 Å². The van der Waals surface area contributed by atoms with E-state index in [0.29, 0.717) is 12.8 Å². The number of esters is 2. The van der Waals surface area contributed by atoms with Gasteiger partial charge < -0.3 is 9.47 Å². The van der Waals surface area contributed by atoms with Crippen LogP contribution < -0.4 is 0 Å². The number of hydrogen-bond donors (Lipinski definition) is 0. The minimum atomic E-state index is -0.0877. The van der Waals surface area contributed by atoms with Gasteiger partial charge in [0.15, 0.2) is 0 Å². The Balaban J connectivity index is -0.000000403. The molecule has 8 heteroatoms. The summed E-state index contributed by atoms with van der Waals surface area (Å²) in [5.41, 5.74) is 0. The Bertz CT molecular complexity index is 277. The maximum atomic E-state index is 10.9. The molecule has 0 radical (unpaired) electrons. The van der Waals surface area contributed by atoms with Crippen LogP contribution in [0.15, 0.2) is 0 Å². The Morgan fingerprint density at radius 1 is 0.444 bits per heavy atom. The zero-order valence-corrected chi connectivity index (χ0v) is 20.1. The van der Waals surface area contributed by atoms with Crippen molar-refractivity contribution in [1.29, 1.82) is 0 Å². The normalized spacial score (nSPS) is 8.96. The van der Waals surface area contributed by atoms with E-state index in [1.807, 2.05) is 0 Å². The molecule has 0 bridgehead atoms. The summed E-state index contributed by atoms with van der Waals surface area (Å²) in [4.78, 5) is 21.9. The molecule has 0 saturated carbocycles. The largest absolute Gasteiger partial charge is 0.469 e. The number of hydrogen-bond acceptors (Lipinski definition) is 4. The van der Waals surface area contributed by atoms with Gasteiger partial charge in [-0.3, -0.25) is 9.59 Å². The van der Waals surface area contributed by atoms with Crippen LogP contribution in [0.2, 0.25) is 0 Å². The quantitative estimate of drug-likeness (QED) is 0.181. The van der Waals surface area contributed by atoms with Crippen LogP contribution in [0.5, 0.6) is 0 Å². The van der Waals surface area contributed by atoms with Crippen molar-refractivity contribution in [3.8, 4) is 0 Å². The molecule has 0 spiro atoms. The summed E-state index contributed by atoms with van der Waals surface area (Å²) in [5, 5.41) is 0. The summed E-state index contributed by atoms with van der Waals surface area (Å²) in [6.07, 6.45) is 17.0. The Morgan fingerprint density at radius 2 is 0.630 bits per heavy atom. The van der Waals surface area contributed by atoms with Gasteiger partial charge in [-0.15, -0.1) is 49.6 Å². The number of carbonyl (C=O) groups excluding carboxylic acids is 2. The second-order valence-electron chi connectivity index (χ2n) is 6.25. The molecule has 0 rings (SSSR count). The first-order valence-corrected chi connectivity index (χ1v) is 9.34. The van der Waals surface area contributed by atoms with Crippen LogP contribution in [0.4, 0.5) is 0 Å². The van der Waals surface area contributed by atoms with Gasteiger partial charge in [0.1, 0.15) is 0 Å². The molecule has 0 unspecified atom stereocenters. The van der Waals surface area contributed by atoms with E-state index in [4.69, 9.17) is 0 Å². The predicted octanol–water partition coefficient (Wildman–Crippen LogP) is 6.87. The Kier molecular flexibility index (Phi) is 43.1. The Hall–Kier alpha value is 0.1000. The van der Waals surface area contributed by atoms with E-state index >= 15 is 0 Å². The lowest BCUT2D eigenvalue weighted by Gasteiger charge is -2.03. The molecule has 0 heterocycles. The van der Waals surface area contributed by atoms with Crippen LogP contribution in [0, 0.1) is 0 Å². The topological polar surface area (TPSA) is 52.6 Å². The lowest BCUT2D eigenvalue weighted by atomic mass is 10.0. The van der Waals surface area contributed by atoms with Crippen molar-refractivity contribution in [3.63, 3.8) is 0 Å². The fourth-order valence-corrected chi connectivity index (χ4v) is 2.69. The van der Waals surface area contributed by atoms with Crippen LogP contribution in [0.3, 0.4) is 0 Å². The Morgan fingerprint density at radius 3 is 0.815 bits per heavy atom. The van der Waals surface area contributed by atoms with Gasteiger partial charge in [-0.25, -0.2) is 0 Å². The summed E-state index contributed by atoms with van der Waals surface area (Å²) in [6, 6.07) is 0. The number of carbonyl (C=O) groups is 2. The van der Waals surface area contributed by atoms with E-state index in [1.165, 1.54) is 72.0 Å². The van der Waals surface area contributed by atoms with Crippen molar-refractivity contribution in [2.45, 2.75) is 96.3 Å². The maximum absolute atomic E-state index is 10.9. The first-order valence-electron chi connectivity index (χ1n) is 9.34. The summed E-state index contributed by atoms with van der Waals surface area (Å²) < 4.78 is 9.24. The monoisotopic (exact) mass is 472 g/mol. The van der Waals surface area contributed by atoms with Gasteiger partial charge in [-0.2, -0.15) is 0 Å². The molecule has 0 aromatic heterocycles. The number of halogens is 4. The van der Waals surface area contributed by atoms with Gasteiger partial charge >= 0.3 is 11.9 Å². The van der Waals surface area contributed by atoms with Gasteiger partial charge in [0.25, 0.3) is 0 Å². The number of methoxy groups -OCH3 is 2. The third-order valence-electron chi connectivity index (χ3n) is 4.22. The van der Waals surface area contributed by atoms with Crippen molar-refractivity contribution in [1.82, 2.24) is 0 Å². The molecule has 0 fully saturated rings. The van der Waals surface area contributed by atoms with Crippen LogP contribution in [0.1, 0.15) is 96.3 Å². The van der Waals surface area contributed by atoms with Gasteiger partial charge in [0, 0.05) is 12.8 Å². The molecule has 0 atom stereocenters. The van der Waals surface area contributed by atoms with E-state index in [2.05, 4.69) is 9.47 Å². The molecule has 0 aliphatic rings. The summed E-state index contributed by atoms with van der Waals surface area (Å²) >= 11 is 0. The first-order chi connectivity index (χ1) is 11.2. The molecule has 0 aromatic carbocycles. The predicted molar refractivity (Wildman–Crippen MR) is 122 cm³/mol. The zero-order chi connectivity index (χ0) is 17.2. The van der Waals surface area contributed by atoms with Crippen LogP contribution in [-0.4, -0.2) is 26.2 Å². The van der Waals surface area contributed by atoms with E-state index in [0.717, 1.165) is 25.7 Å². The van der Waals surface area contributed by atoms with Gasteiger partial charge in [-0.1, -0.05) is 70.6 Å². The number of rotatable bonds is 16. The maximum Gasteiger partial charge on any atom is 0.305 e. The molecule has 0 amide bonds. The molecular weight excluding hydrogens is 434 g/mol. The molecule has 0 aliphatic carbocycles. The van der Waals surface area contributed by atoms with Crippen LogP contribution in [-0.2, 0) is 19.1 Å². The minimum Gasteiger partial charge on any atom is -0.469 e. The van der Waals surface area contributed by atoms with Crippen molar-refractivity contribution in [3.05, 3.63) is 0 Å². The van der Waals surface area contributed by atoms with Crippen LogP contribution in [0.25, 0.3) is 0 Å². The average Bonchev–Trinajstić information content (AvgIpc) is 2.57. The molecule has 27 heavy (non-hydrogen) atoms. The molecule has 0 aromatic rings. The van der Waals surface area contributed by atoms with Crippen LogP contribution >= 0.6 is 49.6 Å². The highest BCUT2D eigenvalue weighted by Crippen LogP contribution is 2.13. The van der Waals surface area contributed by atoms with E-state index in [1.54, 1.807) is 0 Å². The van der Waals surface area contributed by atoms with Gasteiger partial charge in [-0.05, 0) is 12.8 Å². The minimum absolute atomic E-state index is 0. The lowest BCUT2D eigenvalue weighted by molar-refractivity contribution is -0.141. The highest BCUT2D eigenvalue weighted by atomic mass is 35.5. The van der Waals surface area contributed by atoms with E-state index < -0.39 is 0 Å². The fourth-order valence-electron chi connectivity index (χ4n) is 2.69. The molecule has 0 saturated heterocycles. The van der Waals surface area contributed by atoms with Crippen molar-refractivity contribution < 1.29 is 19.1 Å². The molecule has 4 nitrogen and oxygen atoms in total. The smallest absolute Gasteiger partial charge is 0.305 e. The first kappa shape index (κ1) is 37.8. The number of ether oxygens (including phenoxy) is 2. The van der Waals surface area contributed by atoms with E-state index in [-0.39, 0.29) is 61.6 Å². The van der Waals surface area contributed by atoms with Gasteiger partial charge in [0.05, 0.1) is 14.2 Å². The molecule has 0 aliphatic heterocycles. The lowest BCUT2D eigenvalue weighted by Crippen LogP contribution is -1.99. The standard InChI is InChI=1S/C19H36O4.4ClH/c1-22-18(20)16-14-12-10-8-6-4-3-5-7-9-11-13-15-17-19(21)23-2;;;;/h3-17H2,1-2H3;4*1H. The Labute approximate surface area is 190 Å². The second kappa shape index (κ2) is 30.8. The third kappa shape index (κ3) is 31.0. The summed E-state index contributed by atoms with van der Waals surface area (Å²) in [5.74, 6) is -0.175. The molecule has 0 N–H and O–H groups in total. The van der Waals surface area contributed by atoms with Gasteiger partial charge in [0.2, 0.25) is 0 Å². The zero-order valence-electron chi connectivity index (χ0n) is 16.9.